The molecule has 1 aromatic heterocycles. The zero-order valence-corrected chi connectivity index (χ0v) is 14.1. The summed E-state index contributed by atoms with van der Waals surface area (Å²) in [5.41, 5.74) is 0. The molecule has 0 saturated carbocycles. The summed E-state index contributed by atoms with van der Waals surface area (Å²) in [6, 6.07) is 3.20. The number of rotatable bonds is 5. The molecule has 102 valence electrons. The first-order valence-electron chi connectivity index (χ1n) is 6.47. The Balaban J connectivity index is 1.96. The zero-order valence-electron chi connectivity index (χ0n) is 10.9. The molecule has 2 rings (SSSR count). The van der Waals surface area contributed by atoms with Crippen molar-refractivity contribution >= 4 is 31.9 Å². The number of nitrogens with one attached hydrogen (secondary N) is 1. The molecule has 0 aromatic carbocycles. The maximum absolute atomic E-state index is 5.67. The second-order valence-corrected chi connectivity index (χ2v) is 6.73. The van der Waals surface area contributed by atoms with E-state index in [1.165, 1.54) is 12.8 Å². The predicted molar refractivity (Wildman–Crippen MR) is 80.7 cm³/mol. The maximum Gasteiger partial charge on any atom is 0.183 e. The first-order valence-corrected chi connectivity index (χ1v) is 8.06. The first kappa shape index (κ1) is 14.6. The van der Waals surface area contributed by atoms with Gasteiger partial charge in [0, 0.05) is 18.6 Å². The number of furan rings is 1. The van der Waals surface area contributed by atoms with Gasteiger partial charge in [-0.2, -0.15) is 0 Å². The van der Waals surface area contributed by atoms with Crippen LogP contribution in [0.4, 0.5) is 0 Å². The van der Waals surface area contributed by atoms with Crippen LogP contribution in [0.5, 0.6) is 0 Å². The fraction of sp³-hybridized carbons (Fsp3) is 0.692. The first-order chi connectivity index (χ1) is 8.56. The summed E-state index contributed by atoms with van der Waals surface area (Å²) in [7, 11) is 0. The molecule has 1 saturated heterocycles. The van der Waals surface area contributed by atoms with Gasteiger partial charge in [-0.25, -0.2) is 0 Å². The van der Waals surface area contributed by atoms with Crippen molar-refractivity contribution in [2.45, 2.75) is 45.3 Å². The van der Waals surface area contributed by atoms with Gasteiger partial charge in [0.25, 0.3) is 0 Å². The highest BCUT2D eigenvalue weighted by atomic mass is 79.9. The standard InChI is InChI=1S/C13H20Br2N2O/c1-9(2)17(7-10-4-3-5-16-10)8-11-6-12(14)13(15)18-11/h6,9-10,16H,3-5,7-8H2,1-2H3. The van der Waals surface area contributed by atoms with Gasteiger partial charge in [0.2, 0.25) is 0 Å². The van der Waals surface area contributed by atoms with Gasteiger partial charge in [-0.1, -0.05) is 0 Å². The molecule has 0 spiro atoms. The van der Waals surface area contributed by atoms with Crippen LogP contribution in [0.2, 0.25) is 0 Å². The van der Waals surface area contributed by atoms with Gasteiger partial charge < -0.3 is 9.73 Å². The van der Waals surface area contributed by atoms with Crippen LogP contribution in [0.3, 0.4) is 0 Å². The average Bonchev–Trinajstić information content (AvgIpc) is 2.89. The lowest BCUT2D eigenvalue weighted by Crippen LogP contribution is -2.40. The highest BCUT2D eigenvalue weighted by molar-refractivity contribution is 9.13. The normalized spacial score (nSPS) is 20.2. The van der Waals surface area contributed by atoms with Gasteiger partial charge in [0.1, 0.15) is 5.76 Å². The van der Waals surface area contributed by atoms with Crippen molar-refractivity contribution in [3.63, 3.8) is 0 Å². The van der Waals surface area contributed by atoms with E-state index in [0.717, 1.165) is 34.5 Å². The Hall–Kier alpha value is 0.160. The van der Waals surface area contributed by atoms with Gasteiger partial charge in [0.05, 0.1) is 11.0 Å². The van der Waals surface area contributed by atoms with Gasteiger partial charge >= 0.3 is 0 Å². The summed E-state index contributed by atoms with van der Waals surface area (Å²) in [4.78, 5) is 2.46. The topological polar surface area (TPSA) is 28.4 Å². The summed E-state index contributed by atoms with van der Waals surface area (Å²) < 4.78 is 7.43. The van der Waals surface area contributed by atoms with E-state index in [-0.39, 0.29) is 0 Å². The minimum atomic E-state index is 0.523. The molecule has 1 aliphatic heterocycles. The molecule has 0 radical (unpaired) electrons. The number of nitrogens with zero attached hydrogens (tertiary/aromatic N) is 1. The molecule has 18 heavy (non-hydrogen) atoms. The monoisotopic (exact) mass is 378 g/mol. The van der Waals surface area contributed by atoms with Crippen LogP contribution in [0.15, 0.2) is 19.6 Å². The van der Waals surface area contributed by atoms with Crippen molar-refractivity contribution in [1.82, 2.24) is 10.2 Å². The van der Waals surface area contributed by atoms with Crippen LogP contribution in [-0.2, 0) is 6.54 Å². The van der Waals surface area contributed by atoms with E-state index in [1.807, 2.05) is 6.07 Å². The van der Waals surface area contributed by atoms with Crippen molar-refractivity contribution < 1.29 is 4.42 Å². The largest absolute Gasteiger partial charge is 0.452 e. The van der Waals surface area contributed by atoms with Gasteiger partial charge in [-0.05, 0) is 71.2 Å². The van der Waals surface area contributed by atoms with E-state index in [0.29, 0.717) is 12.1 Å². The van der Waals surface area contributed by atoms with Gasteiger partial charge in [0.15, 0.2) is 4.67 Å². The Labute approximate surface area is 126 Å². The van der Waals surface area contributed by atoms with Gasteiger partial charge in [-0.15, -0.1) is 0 Å². The van der Waals surface area contributed by atoms with Crippen molar-refractivity contribution in [3.05, 3.63) is 21.0 Å². The fourth-order valence-corrected chi connectivity index (χ4v) is 2.98. The molecule has 5 heteroatoms. The average molecular weight is 380 g/mol. The molecule has 0 bridgehead atoms. The third kappa shape index (κ3) is 3.83. The van der Waals surface area contributed by atoms with E-state index in [4.69, 9.17) is 4.42 Å². The minimum absolute atomic E-state index is 0.523. The molecule has 1 aliphatic rings. The Morgan fingerprint density at radius 3 is 2.78 bits per heavy atom. The van der Waals surface area contributed by atoms with Crippen molar-refractivity contribution in [2.75, 3.05) is 13.1 Å². The van der Waals surface area contributed by atoms with E-state index in [9.17, 15) is 0 Å². The van der Waals surface area contributed by atoms with Crippen LogP contribution < -0.4 is 5.32 Å². The van der Waals surface area contributed by atoms with Crippen molar-refractivity contribution in [2.24, 2.45) is 0 Å². The smallest absolute Gasteiger partial charge is 0.183 e. The summed E-state index contributed by atoms with van der Waals surface area (Å²) >= 11 is 6.85. The lowest BCUT2D eigenvalue weighted by Gasteiger charge is -2.28. The van der Waals surface area contributed by atoms with Crippen LogP contribution in [-0.4, -0.2) is 30.1 Å². The molecule has 1 fully saturated rings. The Kier molecular flexibility index (Phi) is 5.30. The number of halogens is 2. The van der Waals surface area contributed by atoms with Crippen molar-refractivity contribution in [3.8, 4) is 0 Å². The quantitative estimate of drug-likeness (QED) is 0.843. The third-order valence-corrected chi connectivity index (χ3v) is 5.11. The van der Waals surface area contributed by atoms with Crippen LogP contribution in [0, 0.1) is 0 Å². The minimum Gasteiger partial charge on any atom is -0.452 e. The lowest BCUT2D eigenvalue weighted by molar-refractivity contribution is 0.179. The molecule has 0 amide bonds. The lowest BCUT2D eigenvalue weighted by atomic mass is 10.2. The molecule has 1 atom stereocenters. The van der Waals surface area contributed by atoms with Crippen LogP contribution in [0.25, 0.3) is 0 Å². The molecule has 1 aromatic rings. The summed E-state index contributed by atoms with van der Waals surface area (Å²) in [6.07, 6.45) is 2.59. The summed E-state index contributed by atoms with van der Waals surface area (Å²) in [5, 5.41) is 3.55. The third-order valence-electron chi connectivity index (χ3n) is 3.40. The van der Waals surface area contributed by atoms with E-state index in [1.54, 1.807) is 0 Å². The molecule has 1 N–H and O–H groups in total. The zero-order chi connectivity index (χ0) is 13.1. The number of hydrogen-bond acceptors (Lipinski definition) is 3. The van der Waals surface area contributed by atoms with Crippen molar-refractivity contribution in [1.29, 1.82) is 0 Å². The molecular formula is C13H20Br2N2O. The Morgan fingerprint density at radius 2 is 2.28 bits per heavy atom. The SMILES string of the molecule is CC(C)N(Cc1cc(Br)c(Br)o1)CC1CCCN1. The molecule has 2 heterocycles. The molecular weight excluding hydrogens is 360 g/mol. The predicted octanol–water partition coefficient (Wildman–Crippen LogP) is 3.77. The maximum atomic E-state index is 5.67. The van der Waals surface area contributed by atoms with E-state index < -0.39 is 0 Å². The summed E-state index contributed by atoms with van der Waals surface area (Å²) in [5.74, 6) is 1.00. The second-order valence-electron chi connectivity index (χ2n) is 5.15. The summed E-state index contributed by atoms with van der Waals surface area (Å²) in [6.45, 7) is 7.59. The Morgan fingerprint density at radius 1 is 1.50 bits per heavy atom. The van der Waals surface area contributed by atoms with E-state index >= 15 is 0 Å². The fourth-order valence-electron chi connectivity index (χ4n) is 2.32. The molecule has 0 aliphatic carbocycles. The Bertz CT molecular complexity index is 367. The molecule has 3 nitrogen and oxygen atoms in total. The molecule has 1 unspecified atom stereocenters. The second kappa shape index (κ2) is 6.55. The number of hydrogen-bond donors (Lipinski definition) is 1. The van der Waals surface area contributed by atoms with Gasteiger partial charge in [-0.3, -0.25) is 4.90 Å². The highest BCUT2D eigenvalue weighted by Crippen LogP contribution is 2.27. The van der Waals surface area contributed by atoms with Crippen LogP contribution >= 0.6 is 31.9 Å². The van der Waals surface area contributed by atoms with E-state index in [2.05, 4.69) is 55.9 Å². The highest BCUT2D eigenvalue weighted by Gasteiger charge is 2.21. The van der Waals surface area contributed by atoms with Crippen LogP contribution in [0.1, 0.15) is 32.4 Å².